The topological polar surface area (TPSA) is 92.3 Å². The summed E-state index contributed by atoms with van der Waals surface area (Å²) in [6.07, 6.45) is 3.31. The molecule has 1 saturated carbocycles. The Kier molecular flexibility index (Phi) is 5.21. The summed E-state index contributed by atoms with van der Waals surface area (Å²) in [5, 5.41) is 13.5. The zero-order valence-corrected chi connectivity index (χ0v) is 17.4. The fraction of sp³-hybridized carbons (Fsp3) is 0.375. The van der Waals surface area contributed by atoms with Crippen LogP contribution in [0.1, 0.15) is 50.4 Å². The third-order valence-corrected chi connectivity index (χ3v) is 5.99. The lowest BCUT2D eigenvalue weighted by Gasteiger charge is -2.30. The molecule has 4 rings (SSSR count). The molecule has 0 amide bonds. The summed E-state index contributed by atoms with van der Waals surface area (Å²) in [6.45, 7) is 5.70. The lowest BCUT2D eigenvalue weighted by atomic mass is 9.80. The van der Waals surface area contributed by atoms with E-state index in [1.54, 1.807) is 39.0 Å². The summed E-state index contributed by atoms with van der Waals surface area (Å²) in [5.41, 5.74) is 2.96. The Hall–Kier alpha value is -3.33. The van der Waals surface area contributed by atoms with Crippen molar-refractivity contribution in [3.8, 4) is 6.07 Å². The Morgan fingerprint density at radius 3 is 2.70 bits per heavy atom. The largest absolute Gasteiger partial charge is 0.462 e. The molecule has 0 bridgehead atoms. The lowest BCUT2D eigenvalue weighted by molar-refractivity contribution is -0.141. The molecule has 1 aliphatic heterocycles. The first-order valence-corrected chi connectivity index (χ1v) is 10.2. The van der Waals surface area contributed by atoms with Crippen LogP contribution < -0.4 is 10.7 Å². The number of benzene rings is 1. The highest BCUT2D eigenvalue weighted by Crippen LogP contribution is 2.41. The van der Waals surface area contributed by atoms with E-state index >= 15 is 0 Å². The van der Waals surface area contributed by atoms with Crippen LogP contribution in [0.15, 0.2) is 56.0 Å². The van der Waals surface area contributed by atoms with E-state index in [0.29, 0.717) is 57.4 Å². The third kappa shape index (κ3) is 3.41. The normalized spacial score (nSPS) is 19.3. The average molecular weight is 404 g/mol. The number of fused-ring (bicyclic) bond motifs is 1. The van der Waals surface area contributed by atoms with Crippen LogP contribution in [-0.4, -0.2) is 12.6 Å². The van der Waals surface area contributed by atoms with E-state index < -0.39 is 11.9 Å². The van der Waals surface area contributed by atoms with E-state index in [1.807, 2.05) is 0 Å². The zero-order chi connectivity index (χ0) is 21.4. The van der Waals surface area contributed by atoms with Gasteiger partial charge in [0.15, 0.2) is 5.43 Å². The number of hydrogen-bond donors (Lipinski definition) is 1. The summed E-state index contributed by atoms with van der Waals surface area (Å²) in [4.78, 5) is 25.6. The molecule has 0 saturated heterocycles. The van der Waals surface area contributed by atoms with Crippen molar-refractivity contribution in [1.82, 2.24) is 5.32 Å². The Morgan fingerprint density at radius 1 is 1.27 bits per heavy atom. The van der Waals surface area contributed by atoms with Gasteiger partial charge < -0.3 is 14.5 Å². The van der Waals surface area contributed by atoms with Gasteiger partial charge in [0.2, 0.25) is 0 Å². The highest BCUT2D eigenvalue weighted by Gasteiger charge is 2.36. The van der Waals surface area contributed by atoms with Crippen LogP contribution in [0.3, 0.4) is 0 Å². The molecule has 1 aliphatic carbocycles. The highest BCUT2D eigenvalue weighted by molar-refractivity contribution is 5.95. The second-order valence-electron chi connectivity index (χ2n) is 8.09. The standard InChI is InChI=1S/C24H24N2O4/c1-13-10-20(27)17-8-5-9-18(23(17)30-13)22-19(11-25)14(2)26-15(3)21(22)24(28)29-12-16-6-4-7-16/h5,8-10,16,22,26H,4,6-7,12H2,1-3H3. The predicted octanol–water partition coefficient (Wildman–Crippen LogP) is 4.20. The number of ether oxygens (including phenoxy) is 1. The van der Waals surface area contributed by atoms with E-state index in [0.717, 1.165) is 12.8 Å². The van der Waals surface area contributed by atoms with Crippen molar-refractivity contribution >= 4 is 16.9 Å². The second-order valence-corrected chi connectivity index (χ2v) is 8.09. The van der Waals surface area contributed by atoms with Gasteiger partial charge in [-0.15, -0.1) is 0 Å². The second kappa shape index (κ2) is 7.83. The number of nitriles is 1. The van der Waals surface area contributed by atoms with Crippen LogP contribution in [0, 0.1) is 24.2 Å². The Morgan fingerprint density at radius 2 is 2.03 bits per heavy atom. The number of allylic oxidation sites excluding steroid dienone is 3. The molecule has 2 aliphatic rings. The number of carbonyl (C=O) groups is 1. The van der Waals surface area contributed by atoms with E-state index in [4.69, 9.17) is 9.15 Å². The van der Waals surface area contributed by atoms with Crippen LogP contribution in [0.5, 0.6) is 0 Å². The van der Waals surface area contributed by atoms with Gasteiger partial charge in [-0.3, -0.25) is 4.79 Å². The maximum atomic E-state index is 13.1. The van der Waals surface area contributed by atoms with Crippen molar-refractivity contribution in [2.75, 3.05) is 6.61 Å². The smallest absolute Gasteiger partial charge is 0.336 e. The fourth-order valence-corrected chi connectivity index (χ4v) is 4.20. The van der Waals surface area contributed by atoms with Crippen LogP contribution in [0.25, 0.3) is 11.0 Å². The molecule has 0 spiro atoms. The van der Waals surface area contributed by atoms with E-state index in [-0.39, 0.29) is 5.43 Å². The van der Waals surface area contributed by atoms with Gasteiger partial charge in [0.05, 0.1) is 35.1 Å². The number of hydrogen-bond acceptors (Lipinski definition) is 6. The summed E-state index contributed by atoms with van der Waals surface area (Å²) >= 11 is 0. The van der Waals surface area contributed by atoms with Crippen LogP contribution in [-0.2, 0) is 9.53 Å². The first kappa shape index (κ1) is 20.0. The van der Waals surface area contributed by atoms with Crippen molar-refractivity contribution in [1.29, 1.82) is 5.26 Å². The number of carbonyl (C=O) groups excluding carboxylic acids is 1. The molecule has 1 unspecified atom stereocenters. The van der Waals surface area contributed by atoms with Crippen molar-refractivity contribution in [2.45, 2.75) is 46.0 Å². The van der Waals surface area contributed by atoms with Gasteiger partial charge in [-0.1, -0.05) is 18.6 Å². The number of dihydropyridines is 1. The fourth-order valence-electron chi connectivity index (χ4n) is 4.20. The molecule has 1 atom stereocenters. The summed E-state index contributed by atoms with van der Waals surface area (Å²) in [7, 11) is 0. The molecule has 1 N–H and O–H groups in total. The quantitative estimate of drug-likeness (QED) is 0.768. The predicted molar refractivity (Wildman–Crippen MR) is 112 cm³/mol. The van der Waals surface area contributed by atoms with Crippen molar-refractivity contribution in [3.05, 3.63) is 68.4 Å². The van der Waals surface area contributed by atoms with Gasteiger partial charge in [-0.25, -0.2) is 4.79 Å². The first-order chi connectivity index (χ1) is 14.4. The number of aryl methyl sites for hydroxylation is 1. The van der Waals surface area contributed by atoms with Gasteiger partial charge >= 0.3 is 5.97 Å². The van der Waals surface area contributed by atoms with E-state index in [1.165, 1.54) is 12.5 Å². The van der Waals surface area contributed by atoms with Gasteiger partial charge in [0.1, 0.15) is 11.3 Å². The summed E-state index contributed by atoms with van der Waals surface area (Å²) in [6, 6.07) is 8.93. The van der Waals surface area contributed by atoms with Gasteiger partial charge in [-0.05, 0) is 45.6 Å². The maximum absolute atomic E-state index is 13.1. The Bertz CT molecular complexity index is 1190. The van der Waals surface area contributed by atoms with Gasteiger partial charge in [0, 0.05) is 23.0 Å². The van der Waals surface area contributed by atoms with Gasteiger partial charge in [0.25, 0.3) is 0 Å². The first-order valence-electron chi connectivity index (χ1n) is 10.2. The summed E-state index contributed by atoms with van der Waals surface area (Å²) in [5.74, 6) is -0.221. The summed E-state index contributed by atoms with van der Waals surface area (Å²) < 4.78 is 11.5. The van der Waals surface area contributed by atoms with E-state index in [9.17, 15) is 14.9 Å². The van der Waals surface area contributed by atoms with E-state index in [2.05, 4.69) is 11.4 Å². The average Bonchev–Trinajstić information content (AvgIpc) is 2.65. The molecule has 0 radical (unpaired) electrons. The SMILES string of the molecule is CC1=C(C#N)C(c2cccc3c(=O)cc(C)oc23)C(C(=O)OCC2CCC2)=C(C)N1. The zero-order valence-electron chi connectivity index (χ0n) is 17.4. The molecule has 154 valence electrons. The van der Waals surface area contributed by atoms with Crippen LogP contribution in [0.2, 0.25) is 0 Å². The van der Waals surface area contributed by atoms with Crippen molar-refractivity contribution in [2.24, 2.45) is 5.92 Å². The molecule has 1 aromatic heterocycles. The highest BCUT2D eigenvalue weighted by atomic mass is 16.5. The van der Waals surface area contributed by atoms with Crippen LogP contribution in [0.4, 0.5) is 0 Å². The minimum Gasteiger partial charge on any atom is -0.462 e. The van der Waals surface area contributed by atoms with Crippen LogP contribution >= 0.6 is 0 Å². The molecule has 2 aromatic rings. The monoisotopic (exact) mass is 404 g/mol. The number of esters is 1. The molecular formula is C24H24N2O4. The molecule has 1 fully saturated rings. The lowest BCUT2D eigenvalue weighted by Crippen LogP contribution is -2.30. The number of para-hydroxylation sites is 1. The molecule has 30 heavy (non-hydrogen) atoms. The molecule has 6 nitrogen and oxygen atoms in total. The van der Waals surface area contributed by atoms with Crippen molar-refractivity contribution in [3.63, 3.8) is 0 Å². The number of rotatable bonds is 4. The minimum absolute atomic E-state index is 0.154. The minimum atomic E-state index is -0.668. The Balaban J connectivity index is 1.86. The third-order valence-electron chi connectivity index (χ3n) is 5.99. The Labute approximate surface area is 174 Å². The maximum Gasteiger partial charge on any atom is 0.336 e. The van der Waals surface area contributed by atoms with Gasteiger partial charge in [-0.2, -0.15) is 5.26 Å². The number of nitrogens with one attached hydrogen (secondary N) is 1. The molecule has 1 aromatic carbocycles. The molecule has 6 heteroatoms. The molecule has 2 heterocycles. The molecular weight excluding hydrogens is 380 g/mol. The van der Waals surface area contributed by atoms with Crippen molar-refractivity contribution < 1.29 is 13.9 Å². The number of nitrogens with zero attached hydrogens (tertiary/aromatic N) is 1.